The zero-order valence-corrected chi connectivity index (χ0v) is 12.2. The van der Waals surface area contributed by atoms with Crippen molar-refractivity contribution in [3.63, 3.8) is 0 Å². The Balaban J connectivity index is 1.91. The lowest BCUT2D eigenvalue weighted by Crippen LogP contribution is -2.43. The molecule has 1 aromatic carbocycles. The van der Waals surface area contributed by atoms with Gasteiger partial charge in [-0.3, -0.25) is 4.90 Å². The first-order chi connectivity index (χ1) is 9.74. The first kappa shape index (κ1) is 15.4. The Hall–Kier alpha value is -0.970. The summed E-state index contributed by atoms with van der Waals surface area (Å²) < 4.78 is 13.0. The van der Waals surface area contributed by atoms with E-state index in [9.17, 15) is 9.50 Å². The van der Waals surface area contributed by atoms with Crippen molar-refractivity contribution >= 4 is 0 Å². The van der Waals surface area contributed by atoms with Crippen LogP contribution in [-0.4, -0.2) is 42.8 Å². The second kappa shape index (κ2) is 7.72. The highest BCUT2D eigenvalue weighted by Gasteiger charge is 2.22. The predicted octanol–water partition coefficient (Wildman–Crippen LogP) is 2.32. The average Bonchev–Trinajstić information content (AvgIpc) is 2.50. The lowest BCUT2D eigenvalue weighted by atomic mass is 10.00. The molecule has 0 aromatic heterocycles. The molecule has 1 aliphatic heterocycles. The molecule has 0 saturated carbocycles. The Kier molecular flexibility index (Phi) is 5.95. The fraction of sp³-hybridized carbons (Fsp3) is 0.625. The summed E-state index contributed by atoms with van der Waals surface area (Å²) in [6, 6.07) is 7.26. The van der Waals surface area contributed by atoms with Gasteiger partial charge in [0.2, 0.25) is 0 Å². The average molecular weight is 280 g/mol. The van der Waals surface area contributed by atoms with Crippen molar-refractivity contribution < 1.29 is 9.50 Å². The van der Waals surface area contributed by atoms with Crippen LogP contribution in [-0.2, 0) is 0 Å². The first-order valence-corrected chi connectivity index (χ1v) is 7.52. The molecule has 2 unspecified atom stereocenters. The molecule has 2 N–H and O–H groups in total. The Morgan fingerprint density at radius 2 is 2.10 bits per heavy atom. The van der Waals surface area contributed by atoms with Crippen LogP contribution in [0.15, 0.2) is 24.3 Å². The molecule has 1 saturated heterocycles. The third-order valence-electron chi connectivity index (χ3n) is 4.29. The van der Waals surface area contributed by atoms with Crippen molar-refractivity contribution in [3.8, 4) is 0 Å². The second-order valence-corrected chi connectivity index (χ2v) is 5.55. The van der Waals surface area contributed by atoms with Crippen LogP contribution in [0.5, 0.6) is 0 Å². The summed E-state index contributed by atoms with van der Waals surface area (Å²) in [5.41, 5.74) is 1.12. The molecule has 0 amide bonds. The number of nitrogens with one attached hydrogen (secondary N) is 1. The number of halogens is 1. The van der Waals surface area contributed by atoms with Gasteiger partial charge in [-0.25, -0.2) is 4.39 Å². The van der Waals surface area contributed by atoms with Gasteiger partial charge < -0.3 is 10.4 Å². The molecule has 2 atom stereocenters. The number of aliphatic hydroxyl groups is 1. The van der Waals surface area contributed by atoms with Crippen LogP contribution in [0.2, 0.25) is 0 Å². The summed E-state index contributed by atoms with van der Waals surface area (Å²) in [7, 11) is 1.94. The molecule has 0 spiro atoms. The molecule has 2 rings (SSSR count). The standard InChI is InChI=1S/C16H25FN2O/c1-18-16(13-5-7-14(17)8-6-13)9-11-19-10-3-2-4-15(19)12-20/h5-8,15-16,18,20H,2-4,9-12H2,1H3. The maximum atomic E-state index is 13.0. The number of nitrogens with zero attached hydrogens (tertiary/aromatic N) is 1. The largest absolute Gasteiger partial charge is 0.395 e. The fourth-order valence-electron chi connectivity index (χ4n) is 3.03. The highest BCUT2D eigenvalue weighted by atomic mass is 19.1. The van der Waals surface area contributed by atoms with Gasteiger partial charge in [-0.2, -0.15) is 0 Å². The summed E-state index contributed by atoms with van der Waals surface area (Å²) in [6.45, 7) is 2.29. The molecule has 1 aliphatic rings. The van der Waals surface area contributed by atoms with Crippen molar-refractivity contribution in [1.29, 1.82) is 0 Å². The van der Waals surface area contributed by atoms with E-state index in [1.807, 2.05) is 19.2 Å². The lowest BCUT2D eigenvalue weighted by Gasteiger charge is -2.35. The Labute approximate surface area is 120 Å². The smallest absolute Gasteiger partial charge is 0.123 e. The number of hydrogen-bond acceptors (Lipinski definition) is 3. The molecule has 4 heteroatoms. The van der Waals surface area contributed by atoms with E-state index in [0.717, 1.165) is 31.5 Å². The molecule has 1 aromatic rings. The molecule has 20 heavy (non-hydrogen) atoms. The molecule has 0 bridgehead atoms. The van der Waals surface area contributed by atoms with Gasteiger partial charge in [0.25, 0.3) is 0 Å². The summed E-state index contributed by atoms with van der Waals surface area (Å²) in [5, 5.41) is 12.7. The summed E-state index contributed by atoms with van der Waals surface area (Å²) in [4.78, 5) is 2.39. The topological polar surface area (TPSA) is 35.5 Å². The summed E-state index contributed by atoms with van der Waals surface area (Å²) >= 11 is 0. The van der Waals surface area contributed by atoms with Gasteiger partial charge in [-0.1, -0.05) is 18.6 Å². The van der Waals surface area contributed by atoms with Crippen molar-refractivity contribution in [3.05, 3.63) is 35.6 Å². The van der Waals surface area contributed by atoms with Crippen molar-refractivity contribution in [2.45, 2.75) is 37.8 Å². The molecule has 1 heterocycles. The molecular weight excluding hydrogens is 255 g/mol. The van der Waals surface area contributed by atoms with E-state index in [0.29, 0.717) is 6.04 Å². The van der Waals surface area contributed by atoms with E-state index < -0.39 is 0 Å². The quantitative estimate of drug-likeness (QED) is 0.839. The fourth-order valence-corrected chi connectivity index (χ4v) is 3.03. The highest BCUT2D eigenvalue weighted by molar-refractivity contribution is 5.19. The number of benzene rings is 1. The molecular formula is C16H25FN2O. The zero-order chi connectivity index (χ0) is 14.4. The maximum absolute atomic E-state index is 13.0. The van der Waals surface area contributed by atoms with Gasteiger partial charge in [-0.05, 0) is 50.6 Å². The summed E-state index contributed by atoms with van der Waals surface area (Å²) in [5.74, 6) is -0.194. The van der Waals surface area contributed by atoms with E-state index in [4.69, 9.17) is 0 Å². The maximum Gasteiger partial charge on any atom is 0.123 e. The number of aliphatic hydroxyl groups excluding tert-OH is 1. The Morgan fingerprint density at radius 3 is 2.75 bits per heavy atom. The van der Waals surface area contributed by atoms with Gasteiger partial charge >= 0.3 is 0 Å². The SMILES string of the molecule is CNC(CCN1CCCCC1CO)c1ccc(F)cc1. The van der Waals surface area contributed by atoms with Crippen molar-refractivity contribution in [2.24, 2.45) is 0 Å². The van der Waals surface area contributed by atoms with Crippen LogP contribution in [0.4, 0.5) is 4.39 Å². The highest BCUT2D eigenvalue weighted by Crippen LogP contribution is 2.21. The van der Waals surface area contributed by atoms with Gasteiger partial charge in [0, 0.05) is 18.6 Å². The van der Waals surface area contributed by atoms with Crippen molar-refractivity contribution in [1.82, 2.24) is 10.2 Å². The normalized spacial score (nSPS) is 21.9. The minimum absolute atomic E-state index is 0.194. The van der Waals surface area contributed by atoms with Gasteiger partial charge in [0.1, 0.15) is 5.82 Å². The van der Waals surface area contributed by atoms with Crippen LogP contribution < -0.4 is 5.32 Å². The van der Waals surface area contributed by atoms with E-state index in [1.165, 1.54) is 25.0 Å². The molecule has 0 radical (unpaired) electrons. The predicted molar refractivity (Wildman–Crippen MR) is 79.1 cm³/mol. The third-order valence-corrected chi connectivity index (χ3v) is 4.29. The van der Waals surface area contributed by atoms with Crippen LogP contribution in [0.1, 0.15) is 37.3 Å². The minimum atomic E-state index is -0.194. The molecule has 112 valence electrons. The van der Waals surface area contributed by atoms with Gasteiger partial charge in [0.05, 0.1) is 6.61 Å². The van der Waals surface area contributed by atoms with Crippen molar-refractivity contribution in [2.75, 3.05) is 26.7 Å². The number of rotatable bonds is 6. The van der Waals surface area contributed by atoms with Crippen LogP contribution in [0.3, 0.4) is 0 Å². The second-order valence-electron chi connectivity index (χ2n) is 5.55. The lowest BCUT2D eigenvalue weighted by molar-refractivity contribution is 0.0867. The molecule has 1 fully saturated rings. The first-order valence-electron chi connectivity index (χ1n) is 7.52. The van der Waals surface area contributed by atoms with E-state index >= 15 is 0 Å². The van der Waals surface area contributed by atoms with Gasteiger partial charge in [0.15, 0.2) is 0 Å². The zero-order valence-electron chi connectivity index (χ0n) is 12.2. The number of piperidine rings is 1. The monoisotopic (exact) mass is 280 g/mol. The van der Waals surface area contributed by atoms with Crippen LogP contribution >= 0.6 is 0 Å². The summed E-state index contributed by atoms with van der Waals surface area (Å²) in [6.07, 6.45) is 4.50. The minimum Gasteiger partial charge on any atom is -0.395 e. The van der Waals surface area contributed by atoms with Crippen LogP contribution in [0.25, 0.3) is 0 Å². The van der Waals surface area contributed by atoms with E-state index in [1.54, 1.807) is 0 Å². The van der Waals surface area contributed by atoms with E-state index in [-0.39, 0.29) is 18.5 Å². The molecule has 3 nitrogen and oxygen atoms in total. The molecule has 0 aliphatic carbocycles. The van der Waals surface area contributed by atoms with Crippen LogP contribution in [0, 0.1) is 5.82 Å². The van der Waals surface area contributed by atoms with E-state index in [2.05, 4.69) is 10.2 Å². The number of hydrogen-bond donors (Lipinski definition) is 2. The number of likely N-dealkylation sites (tertiary alicyclic amines) is 1. The van der Waals surface area contributed by atoms with Gasteiger partial charge in [-0.15, -0.1) is 0 Å². The Bertz CT molecular complexity index is 396. The Morgan fingerprint density at radius 1 is 1.35 bits per heavy atom. The third kappa shape index (κ3) is 4.01.